The summed E-state index contributed by atoms with van der Waals surface area (Å²) in [7, 11) is -4.66. The minimum absolute atomic E-state index is 0.0320. The number of phosphoric acid groups is 1. The van der Waals surface area contributed by atoms with Crippen molar-refractivity contribution in [2.24, 2.45) is 0 Å². The molecule has 0 bridgehead atoms. The number of anilines is 1. The van der Waals surface area contributed by atoms with Gasteiger partial charge in [0.1, 0.15) is 16.7 Å². The number of aliphatic hydroxyl groups is 1. The lowest BCUT2D eigenvalue weighted by atomic mass is 10.2. The molecule has 13 heteroatoms. The van der Waals surface area contributed by atoms with Gasteiger partial charge in [-0.2, -0.15) is 0 Å². The number of phosphoric ester groups is 1. The molecule has 0 fully saturated rings. The number of nitrogens with two attached hydrogens (primary N) is 1. The summed E-state index contributed by atoms with van der Waals surface area (Å²) < 4.78 is 16.5. The molecule has 0 atom stereocenters. The molecule has 0 radical (unpaired) electrons. The number of aromatic nitrogens is 2. The van der Waals surface area contributed by atoms with Crippen molar-refractivity contribution in [1.82, 2.24) is 14.9 Å². The van der Waals surface area contributed by atoms with Gasteiger partial charge in [0.05, 0.1) is 13.2 Å². The van der Waals surface area contributed by atoms with E-state index in [9.17, 15) is 14.5 Å². The maximum Gasteiger partial charge on any atom is 0.469 e. The molecule has 2 aromatic rings. The zero-order valence-corrected chi connectivity index (χ0v) is 21.3. The predicted molar refractivity (Wildman–Crippen MR) is 133 cm³/mol. The zero-order chi connectivity index (χ0) is 23.9. The van der Waals surface area contributed by atoms with Gasteiger partial charge in [0.25, 0.3) is 0 Å². The Morgan fingerprint density at radius 2 is 2.06 bits per heavy atom. The Kier molecular flexibility index (Phi) is 9.95. The molecule has 1 aromatic heterocycles. The summed E-state index contributed by atoms with van der Waals surface area (Å²) in [6, 6.07) is 7.22. The van der Waals surface area contributed by atoms with Crippen LogP contribution in [0.15, 0.2) is 41.1 Å². The third-order valence-corrected chi connectivity index (χ3v) is 7.02. The number of carbonyl (C=O) groups is 1. The highest BCUT2D eigenvalue weighted by molar-refractivity contribution is 14.1. The van der Waals surface area contributed by atoms with Crippen LogP contribution < -0.4 is 5.73 Å². The number of hydrogen-bond donors (Lipinski definition) is 5. The van der Waals surface area contributed by atoms with Crippen molar-refractivity contribution in [3.63, 3.8) is 0 Å². The predicted octanol–water partition coefficient (Wildman–Crippen LogP) is 2.86. The van der Waals surface area contributed by atoms with Gasteiger partial charge in [-0.15, -0.1) is 11.4 Å². The van der Waals surface area contributed by atoms with E-state index in [-0.39, 0.29) is 30.4 Å². The number of halogens is 1. The highest BCUT2D eigenvalue weighted by Gasteiger charge is 2.17. The summed E-state index contributed by atoms with van der Waals surface area (Å²) in [6.45, 7) is 3.15. The van der Waals surface area contributed by atoms with E-state index in [1.807, 2.05) is 12.1 Å². The van der Waals surface area contributed by atoms with Crippen LogP contribution in [0, 0.1) is 10.5 Å². The molecular weight excluding hydrogens is 570 g/mol. The normalized spacial score (nSPS) is 13.2. The van der Waals surface area contributed by atoms with Gasteiger partial charge in [-0.3, -0.25) is 9.32 Å². The molecule has 10 nitrogen and oxygen atoms in total. The first-order chi connectivity index (χ1) is 15.0. The Morgan fingerprint density at radius 3 is 2.66 bits per heavy atom. The first-order valence-electron chi connectivity index (χ1n) is 9.24. The maximum atomic E-state index is 11.9. The van der Waals surface area contributed by atoms with Crippen LogP contribution in [0.1, 0.15) is 30.3 Å². The fraction of sp³-hybridized carbons (Fsp3) is 0.263. The number of rotatable bonds is 10. The second kappa shape index (κ2) is 12.0. The fourth-order valence-electron chi connectivity index (χ4n) is 2.63. The third kappa shape index (κ3) is 8.03. The number of thiol groups is 1. The monoisotopic (exact) mass is 594 g/mol. The van der Waals surface area contributed by atoms with E-state index >= 15 is 0 Å². The van der Waals surface area contributed by atoms with Crippen LogP contribution >= 0.6 is 41.8 Å². The zero-order valence-electron chi connectivity index (χ0n) is 17.3. The molecule has 0 aliphatic carbocycles. The lowest BCUT2D eigenvalue weighted by Gasteiger charge is -2.22. The summed E-state index contributed by atoms with van der Waals surface area (Å²) in [4.78, 5) is 39.9. The number of nitrogens with zero attached hydrogens (tertiary/aromatic N) is 3. The maximum absolute atomic E-state index is 11.9. The van der Waals surface area contributed by atoms with Crippen molar-refractivity contribution in [3.8, 4) is 0 Å². The number of allylic oxidation sites excluding steroid dienone is 1. The SMILES string of the molecule is C/C(=C(CCOP(=O)(O)O)/[SH]=C(\O)c1ccccc1I)N(C=O)Cc1cnc(C)nc1N. The number of hydrogen-bond acceptors (Lipinski definition) is 6. The van der Waals surface area contributed by atoms with Crippen molar-refractivity contribution in [2.45, 2.75) is 26.8 Å². The summed E-state index contributed by atoms with van der Waals surface area (Å²) in [5.41, 5.74) is 7.57. The van der Waals surface area contributed by atoms with E-state index < -0.39 is 7.82 Å². The second-order valence-electron chi connectivity index (χ2n) is 6.58. The number of aryl methyl sites for hydroxylation is 1. The third-order valence-electron chi connectivity index (χ3n) is 4.29. The van der Waals surface area contributed by atoms with Crippen LogP contribution in [0.3, 0.4) is 0 Å². The van der Waals surface area contributed by atoms with Gasteiger partial charge in [-0.25, -0.2) is 14.5 Å². The van der Waals surface area contributed by atoms with Crippen LogP contribution in [0.25, 0.3) is 0 Å². The Morgan fingerprint density at radius 1 is 1.38 bits per heavy atom. The van der Waals surface area contributed by atoms with E-state index in [2.05, 4.69) is 37.1 Å². The standard InChI is InChI=1S/C19H24IN4O6PS/c1-12(24(11-25)10-14-9-22-13(2)23-18(14)21)17(7-8-30-31(27,28)29)32-19(26)15-5-3-4-6-16(15)20/h3-6,9,11,26,32H,7-8,10H2,1-2H3,(H2,21,22,23)(H2,27,28,29)/b17-12-. The topological polar surface area (TPSA) is 159 Å². The molecule has 0 unspecified atom stereocenters. The van der Waals surface area contributed by atoms with Gasteiger partial charge in [0.15, 0.2) is 0 Å². The number of amides is 1. The highest BCUT2D eigenvalue weighted by Crippen LogP contribution is 2.36. The van der Waals surface area contributed by atoms with E-state index in [4.69, 9.17) is 15.5 Å². The van der Waals surface area contributed by atoms with Gasteiger partial charge < -0.3 is 25.5 Å². The summed E-state index contributed by atoms with van der Waals surface area (Å²) in [6.07, 6.45) is 2.21. The van der Waals surface area contributed by atoms with Crippen molar-refractivity contribution < 1.29 is 28.8 Å². The molecule has 174 valence electrons. The Bertz CT molecular complexity index is 1090. The van der Waals surface area contributed by atoms with Gasteiger partial charge >= 0.3 is 7.82 Å². The van der Waals surface area contributed by atoms with Gasteiger partial charge in [-0.05, 0) is 42.5 Å². The molecule has 0 aliphatic heterocycles. The van der Waals surface area contributed by atoms with Crippen LogP contribution in [0.2, 0.25) is 0 Å². The first kappa shape index (κ1) is 26.6. The molecule has 0 spiro atoms. The van der Waals surface area contributed by atoms with Crippen LogP contribution in [-0.2, 0) is 20.4 Å². The minimum Gasteiger partial charge on any atom is -0.383 e. The average Bonchev–Trinajstić information content (AvgIpc) is 2.71. The van der Waals surface area contributed by atoms with Crippen molar-refractivity contribution in [3.05, 3.63) is 61.6 Å². The molecule has 0 aliphatic rings. The highest BCUT2D eigenvalue weighted by atomic mass is 127. The molecule has 0 saturated heterocycles. The van der Waals surface area contributed by atoms with Crippen molar-refractivity contribution in [1.29, 1.82) is 0 Å². The van der Waals surface area contributed by atoms with Crippen LogP contribution in [-0.4, -0.2) is 47.8 Å². The molecule has 5 N–H and O–H groups in total. The Labute approximate surface area is 202 Å². The number of benzene rings is 1. The molecule has 2 rings (SSSR count). The largest absolute Gasteiger partial charge is 0.469 e. The number of aliphatic hydroxyl groups excluding tert-OH is 1. The van der Waals surface area contributed by atoms with E-state index in [1.54, 1.807) is 26.0 Å². The molecule has 1 heterocycles. The van der Waals surface area contributed by atoms with Crippen molar-refractivity contribution >= 4 is 59.0 Å². The quantitative estimate of drug-likeness (QED) is 0.0917. The fourth-order valence-corrected chi connectivity index (χ4v) is 4.88. The summed E-state index contributed by atoms with van der Waals surface area (Å²) in [5, 5.41) is 10.8. The van der Waals surface area contributed by atoms with Gasteiger partial charge in [0.2, 0.25) is 6.41 Å². The smallest absolute Gasteiger partial charge is 0.383 e. The average molecular weight is 594 g/mol. The van der Waals surface area contributed by atoms with E-state index in [0.717, 1.165) is 3.57 Å². The van der Waals surface area contributed by atoms with E-state index in [0.29, 0.717) is 45.3 Å². The Balaban J connectivity index is 2.43. The lowest BCUT2D eigenvalue weighted by Crippen LogP contribution is -2.22. The summed E-state index contributed by atoms with van der Waals surface area (Å²) in [5.74, 6) is 0.747. The van der Waals surface area contributed by atoms with Gasteiger partial charge in [0, 0.05) is 37.9 Å². The molecular formula is C19H24IN4O6PS. The number of nitrogen functional groups attached to an aromatic ring is 1. The molecule has 1 aromatic carbocycles. The Hall–Kier alpha value is -1.67. The summed E-state index contributed by atoms with van der Waals surface area (Å²) >= 11 is 2.46. The first-order valence-corrected chi connectivity index (χ1v) is 12.7. The molecule has 1 amide bonds. The van der Waals surface area contributed by atoms with Gasteiger partial charge in [-0.1, -0.05) is 18.2 Å². The van der Waals surface area contributed by atoms with Crippen LogP contribution in [0.4, 0.5) is 5.82 Å². The minimum atomic E-state index is -4.66. The molecule has 0 saturated carbocycles. The lowest BCUT2D eigenvalue weighted by molar-refractivity contribution is -0.116. The number of carbonyl (C=O) groups excluding carboxylic acids is 1. The van der Waals surface area contributed by atoms with Crippen molar-refractivity contribution in [2.75, 3.05) is 12.3 Å². The second-order valence-corrected chi connectivity index (χ2v) is 10.2. The van der Waals surface area contributed by atoms with Crippen LogP contribution in [0.5, 0.6) is 0 Å². The van der Waals surface area contributed by atoms with E-state index in [1.165, 1.54) is 11.1 Å². The molecule has 32 heavy (non-hydrogen) atoms.